The van der Waals surface area contributed by atoms with Gasteiger partial charge in [-0.05, 0) is 11.1 Å². The topological polar surface area (TPSA) is 93.9 Å². The lowest BCUT2D eigenvalue weighted by Gasteiger charge is -2.26. The summed E-state index contributed by atoms with van der Waals surface area (Å²) in [7, 11) is 0. The Kier molecular flexibility index (Phi) is 5.57. The number of ether oxygens (including phenoxy) is 1. The van der Waals surface area contributed by atoms with E-state index >= 15 is 0 Å². The number of benzene rings is 1. The molecule has 0 saturated carbocycles. The van der Waals surface area contributed by atoms with Crippen LogP contribution in [-0.4, -0.2) is 41.6 Å². The molecule has 7 heteroatoms. The maximum absolute atomic E-state index is 10.4. The van der Waals surface area contributed by atoms with E-state index in [-0.39, 0.29) is 6.61 Å². The third-order valence-corrected chi connectivity index (χ3v) is 3.49. The predicted octanol–water partition coefficient (Wildman–Crippen LogP) is 1.10. The zero-order chi connectivity index (χ0) is 16.1. The van der Waals surface area contributed by atoms with Crippen LogP contribution in [-0.2, 0) is 17.7 Å². The van der Waals surface area contributed by atoms with Crippen LogP contribution in [0.1, 0.15) is 25.0 Å². The second-order valence-corrected chi connectivity index (χ2v) is 5.79. The minimum absolute atomic E-state index is 0.144. The van der Waals surface area contributed by atoms with E-state index in [1.165, 1.54) is 0 Å². The first kappa shape index (κ1) is 16.5. The fourth-order valence-electron chi connectivity index (χ4n) is 2.51. The lowest BCUT2D eigenvalue weighted by Crippen LogP contribution is -2.34. The highest BCUT2D eigenvalue weighted by molar-refractivity contribution is 5.43. The highest BCUT2D eigenvalue weighted by atomic mass is 17.0. The Morgan fingerprint density at radius 3 is 3.00 bits per heavy atom. The summed E-state index contributed by atoms with van der Waals surface area (Å²) in [6.07, 6.45) is -0.177. The van der Waals surface area contributed by atoms with Crippen LogP contribution >= 0.6 is 0 Å². The van der Waals surface area contributed by atoms with Crippen molar-refractivity contribution in [2.45, 2.75) is 44.9 Å². The number of hydrogen-bond acceptors (Lipinski definition) is 6. The average Bonchev–Trinajstić information content (AvgIpc) is 2.44. The van der Waals surface area contributed by atoms with Crippen LogP contribution in [0.3, 0.4) is 0 Å². The molecule has 2 N–H and O–H groups in total. The summed E-state index contributed by atoms with van der Waals surface area (Å²) in [5.74, 6) is 0.717. The molecule has 1 aliphatic heterocycles. The Bertz CT molecular complexity index is 521. The average molecular weight is 310 g/mol. The van der Waals surface area contributed by atoms with Crippen molar-refractivity contribution in [1.82, 2.24) is 5.32 Å². The normalized spacial score (nSPS) is 18.5. The van der Waals surface area contributed by atoms with E-state index in [9.17, 15) is 15.2 Å². The third-order valence-electron chi connectivity index (χ3n) is 3.49. The van der Waals surface area contributed by atoms with Crippen molar-refractivity contribution in [2.75, 3.05) is 13.2 Å². The quantitative estimate of drug-likeness (QED) is 0.578. The van der Waals surface area contributed by atoms with Gasteiger partial charge in [0.1, 0.15) is 18.5 Å². The van der Waals surface area contributed by atoms with E-state index < -0.39 is 17.3 Å². The Morgan fingerprint density at radius 1 is 1.55 bits per heavy atom. The summed E-state index contributed by atoms with van der Waals surface area (Å²) in [5.41, 5.74) is 1.79. The fourth-order valence-corrected chi connectivity index (χ4v) is 2.51. The lowest BCUT2D eigenvalue weighted by atomic mass is 9.98. The van der Waals surface area contributed by atoms with Crippen molar-refractivity contribution in [2.24, 2.45) is 0 Å². The number of fused-ring (bicyclic) bond motifs is 1. The number of aliphatic hydroxyl groups excluding tert-OH is 1. The maximum atomic E-state index is 10.4. The molecule has 7 nitrogen and oxygen atoms in total. The first-order valence-corrected chi connectivity index (χ1v) is 7.42. The fraction of sp³-hybridized carbons (Fsp3) is 0.600. The molecule has 0 unspecified atom stereocenters. The summed E-state index contributed by atoms with van der Waals surface area (Å²) in [6, 6.07) is 5.96. The number of nitrogens with one attached hydrogen (secondary N) is 1. The largest absolute Gasteiger partial charge is 0.491 e. The summed E-state index contributed by atoms with van der Waals surface area (Å²) >= 11 is 0. The molecule has 0 aromatic heterocycles. The van der Waals surface area contributed by atoms with Gasteiger partial charge in [-0.2, -0.15) is 0 Å². The molecule has 1 aromatic rings. The van der Waals surface area contributed by atoms with E-state index in [1.807, 2.05) is 32.0 Å². The highest BCUT2D eigenvalue weighted by Gasteiger charge is 2.25. The highest BCUT2D eigenvalue weighted by Crippen LogP contribution is 2.30. The van der Waals surface area contributed by atoms with Crippen LogP contribution < -0.4 is 10.1 Å². The van der Waals surface area contributed by atoms with Gasteiger partial charge in [0, 0.05) is 25.4 Å². The maximum Gasteiger partial charge on any atom is 0.294 e. The Hall–Kier alpha value is -1.86. The van der Waals surface area contributed by atoms with Gasteiger partial charge in [-0.3, -0.25) is 0 Å². The van der Waals surface area contributed by atoms with Gasteiger partial charge >= 0.3 is 0 Å². The number of rotatable bonds is 7. The van der Waals surface area contributed by atoms with Crippen molar-refractivity contribution < 1.29 is 19.8 Å². The molecule has 0 radical (unpaired) electrons. The molecule has 0 saturated heterocycles. The van der Waals surface area contributed by atoms with E-state index in [4.69, 9.17) is 4.74 Å². The standard InChI is InChI=1S/C15H22N2O5/c1-10(2)16-8-13(18)6-11-4-3-5-12-7-14(22-17(19)20)9-21-15(11)12/h3-5,10,13-14,16,18H,6-9H2,1-2H3/t13-,14-/m1/s1. The number of nitrogens with zero attached hydrogens (tertiary/aromatic N) is 1. The van der Waals surface area contributed by atoms with Crippen LogP contribution in [0.15, 0.2) is 18.2 Å². The molecule has 0 bridgehead atoms. The van der Waals surface area contributed by atoms with E-state index in [0.717, 1.165) is 11.1 Å². The Labute approximate surface area is 129 Å². The molecule has 122 valence electrons. The SMILES string of the molecule is CC(C)NC[C@H](O)Cc1cccc2c1OC[C@H](O[N+](=O)[O-])C2. The molecular weight excluding hydrogens is 288 g/mol. The summed E-state index contributed by atoms with van der Waals surface area (Å²) < 4.78 is 5.63. The number of para-hydroxylation sites is 1. The Morgan fingerprint density at radius 2 is 2.32 bits per heavy atom. The van der Waals surface area contributed by atoms with Crippen molar-refractivity contribution in [3.05, 3.63) is 39.4 Å². The van der Waals surface area contributed by atoms with Crippen molar-refractivity contribution in [1.29, 1.82) is 0 Å². The van der Waals surface area contributed by atoms with Gasteiger partial charge in [0.05, 0.1) is 6.10 Å². The first-order chi connectivity index (χ1) is 10.5. The molecule has 2 rings (SSSR count). The molecule has 22 heavy (non-hydrogen) atoms. The zero-order valence-electron chi connectivity index (χ0n) is 12.8. The van der Waals surface area contributed by atoms with Gasteiger partial charge in [0.25, 0.3) is 5.09 Å². The smallest absolute Gasteiger partial charge is 0.294 e. The van der Waals surface area contributed by atoms with Crippen molar-refractivity contribution >= 4 is 0 Å². The molecule has 0 fully saturated rings. The Balaban J connectivity index is 2.02. The van der Waals surface area contributed by atoms with Gasteiger partial charge in [-0.1, -0.05) is 32.0 Å². The van der Waals surface area contributed by atoms with E-state index in [2.05, 4.69) is 10.2 Å². The first-order valence-electron chi connectivity index (χ1n) is 7.42. The van der Waals surface area contributed by atoms with E-state index in [1.54, 1.807) is 0 Å². The van der Waals surface area contributed by atoms with E-state index in [0.29, 0.717) is 31.2 Å². The molecule has 0 spiro atoms. The second-order valence-electron chi connectivity index (χ2n) is 5.79. The molecular formula is C15H22N2O5. The minimum atomic E-state index is -0.787. The predicted molar refractivity (Wildman–Crippen MR) is 80.4 cm³/mol. The second kappa shape index (κ2) is 7.42. The minimum Gasteiger partial charge on any atom is -0.491 e. The van der Waals surface area contributed by atoms with Crippen LogP contribution in [0.4, 0.5) is 0 Å². The molecule has 1 aliphatic rings. The number of aliphatic hydroxyl groups is 1. The van der Waals surface area contributed by atoms with Crippen LogP contribution in [0, 0.1) is 10.1 Å². The van der Waals surface area contributed by atoms with Gasteiger partial charge < -0.3 is 20.0 Å². The molecule has 1 heterocycles. The van der Waals surface area contributed by atoms with Gasteiger partial charge in [-0.25, -0.2) is 0 Å². The molecule has 0 amide bonds. The molecule has 1 aromatic carbocycles. The molecule has 2 atom stereocenters. The van der Waals surface area contributed by atoms with Gasteiger partial charge in [0.15, 0.2) is 0 Å². The third kappa shape index (κ3) is 4.57. The van der Waals surface area contributed by atoms with Crippen molar-refractivity contribution in [3.8, 4) is 5.75 Å². The van der Waals surface area contributed by atoms with Crippen LogP contribution in [0.5, 0.6) is 5.75 Å². The van der Waals surface area contributed by atoms with Gasteiger partial charge in [0.2, 0.25) is 0 Å². The summed E-state index contributed by atoms with van der Waals surface area (Å²) in [6.45, 7) is 4.70. The van der Waals surface area contributed by atoms with Crippen LogP contribution in [0.2, 0.25) is 0 Å². The monoisotopic (exact) mass is 310 g/mol. The summed E-state index contributed by atoms with van der Waals surface area (Å²) in [5, 5.41) is 22.9. The molecule has 0 aliphatic carbocycles. The van der Waals surface area contributed by atoms with Crippen LogP contribution in [0.25, 0.3) is 0 Å². The summed E-state index contributed by atoms with van der Waals surface area (Å²) in [4.78, 5) is 15.0. The zero-order valence-corrected chi connectivity index (χ0v) is 12.8. The van der Waals surface area contributed by atoms with Gasteiger partial charge in [-0.15, -0.1) is 10.1 Å². The number of hydrogen-bond donors (Lipinski definition) is 2. The lowest BCUT2D eigenvalue weighted by molar-refractivity contribution is -0.769. The van der Waals surface area contributed by atoms with Crippen molar-refractivity contribution in [3.63, 3.8) is 0 Å².